The molecule has 0 spiro atoms. The maximum absolute atomic E-state index is 13.5. The van der Waals surface area contributed by atoms with Crippen LogP contribution < -0.4 is 9.13 Å². The summed E-state index contributed by atoms with van der Waals surface area (Å²) in [6.45, 7) is 24.0. The zero-order valence-electron chi connectivity index (χ0n) is 33.4. The minimum atomic E-state index is -0.345. The number of nitrogens with zero attached hydrogens (tertiary/aromatic N) is 2. The summed E-state index contributed by atoms with van der Waals surface area (Å²) in [4.78, 5) is 27.0. The molecule has 52 heavy (non-hydrogen) atoms. The molecule has 7 unspecified atom stereocenters. The van der Waals surface area contributed by atoms with Gasteiger partial charge in [-0.2, -0.15) is 9.13 Å². The molecule has 0 N–H and O–H groups in total. The molecule has 0 aromatic carbocycles. The number of hydrogen-bond donors (Lipinski definition) is 0. The van der Waals surface area contributed by atoms with Gasteiger partial charge in [-0.25, -0.2) is 9.59 Å². The number of ether oxygens (including phenoxy) is 2. The van der Waals surface area contributed by atoms with Gasteiger partial charge in [0.05, 0.1) is 6.61 Å². The highest BCUT2D eigenvalue weighted by atomic mass is 16.5. The average molecular weight is 711 g/mol. The molecule has 282 valence electrons. The summed E-state index contributed by atoms with van der Waals surface area (Å²) in [5, 5.41) is 0. The third kappa shape index (κ3) is 5.70. The van der Waals surface area contributed by atoms with Crippen molar-refractivity contribution in [1.82, 2.24) is 0 Å². The van der Waals surface area contributed by atoms with Crippen molar-refractivity contribution in [2.24, 2.45) is 56.7 Å². The van der Waals surface area contributed by atoms with E-state index in [0.717, 1.165) is 32.1 Å². The second kappa shape index (κ2) is 13.4. The zero-order valence-corrected chi connectivity index (χ0v) is 33.4. The lowest BCUT2D eigenvalue weighted by atomic mass is 9.32. The van der Waals surface area contributed by atoms with Crippen molar-refractivity contribution in [3.05, 3.63) is 73.3 Å². The Morgan fingerprint density at radius 2 is 1.33 bits per heavy atom. The summed E-state index contributed by atoms with van der Waals surface area (Å²) < 4.78 is 16.7. The fraction of sp³-hybridized carbons (Fsp3) is 0.696. The maximum atomic E-state index is 13.5. The number of esters is 2. The lowest BCUT2D eigenvalue weighted by molar-refractivity contribution is -0.707. The highest BCUT2D eigenvalue weighted by Gasteiger charge is 2.71. The van der Waals surface area contributed by atoms with E-state index in [4.69, 9.17) is 9.47 Å². The van der Waals surface area contributed by atoms with Gasteiger partial charge in [0, 0.05) is 48.9 Å². The van der Waals surface area contributed by atoms with Gasteiger partial charge in [-0.05, 0) is 117 Å². The lowest BCUT2D eigenvalue weighted by Crippen LogP contribution is -2.67. The minimum Gasteiger partial charge on any atom is -0.460 e. The van der Waals surface area contributed by atoms with Crippen molar-refractivity contribution < 1.29 is 28.2 Å². The topological polar surface area (TPSA) is 60.4 Å². The summed E-state index contributed by atoms with van der Waals surface area (Å²) >= 11 is 0. The Kier molecular flexibility index (Phi) is 9.59. The van der Waals surface area contributed by atoms with Gasteiger partial charge in [-0.1, -0.05) is 58.9 Å². The molecular formula is C46H66N2O4+2. The number of carbonyl (C=O) groups is 2. The molecule has 5 aliphatic carbocycles. The van der Waals surface area contributed by atoms with E-state index in [-0.39, 0.29) is 57.2 Å². The maximum Gasteiger partial charge on any atom is 0.375 e. The van der Waals surface area contributed by atoms with Gasteiger partial charge >= 0.3 is 11.9 Å². The van der Waals surface area contributed by atoms with Crippen molar-refractivity contribution in [2.75, 3.05) is 6.61 Å². The Morgan fingerprint density at radius 3 is 1.94 bits per heavy atom. The minimum absolute atomic E-state index is 0.0218. The van der Waals surface area contributed by atoms with E-state index >= 15 is 0 Å². The summed E-state index contributed by atoms with van der Waals surface area (Å²) in [5.41, 5.74) is 1.87. The molecule has 0 saturated heterocycles. The van der Waals surface area contributed by atoms with Crippen molar-refractivity contribution >= 4 is 11.9 Å². The molecule has 2 heterocycles. The number of rotatable bonds is 8. The van der Waals surface area contributed by atoms with Gasteiger partial charge < -0.3 is 9.47 Å². The number of aromatic nitrogens is 2. The SMILES string of the molecule is C=C(C)C1CC[C@]2(COC(=O)C(C)[n+]3ccccc3)CC[C@]3(C)C(CCC4[C@@]5(C)CC[C@H](OC(=O)C(C)[n+]6ccccc6)C(C)(C)C5CC[C@]43C)C12. The Hall–Kier alpha value is -3.02. The summed E-state index contributed by atoms with van der Waals surface area (Å²) in [5.74, 6) is 2.45. The zero-order chi connectivity index (χ0) is 37.3. The summed E-state index contributed by atoms with van der Waals surface area (Å²) in [6, 6.07) is 11.1. The highest BCUT2D eigenvalue weighted by Crippen LogP contribution is 2.77. The van der Waals surface area contributed by atoms with Crippen LogP contribution in [0.5, 0.6) is 0 Å². The molecule has 5 fully saturated rings. The van der Waals surface area contributed by atoms with Gasteiger partial charge in [-0.3, -0.25) is 0 Å². The van der Waals surface area contributed by atoms with E-state index in [2.05, 4.69) is 48.1 Å². The van der Waals surface area contributed by atoms with Gasteiger partial charge in [0.2, 0.25) is 0 Å². The van der Waals surface area contributed by atoms with E-state index in [1.54, 1.807) is 0 Å². The average Bonchev–Trinajstić information content (AvgIpc) is 3.52. The standard InChI is InChI=1S/C46H66N2O4/c1-31(2)34-18-23-46(30-51-40(49)32(3)47-26-12-10-13-27-47)25-24-44(8)35(39(34)46)16-17-37-43(7)21-20-38(42(5,6)36(43)19-22-45(37,44)9)52-41(50)33(4)48-28-14-11-15-29-48/h10-15,26-29,32-39H,1,16-25,30H2,2-9H3/q+2/t32?,33?,34?,35?,36?,37?,38-,39?,43-,44+,45+,46+/m0/s1. The molecule has 0 bridgehead atoms. The molecule has 2 aromatic heterocycles. The summed E-state index contributed by atoms with van der Waals surface area (Å²) in [7, 11) is 0. The van der Waals surface area contributed by atoms with Crippen LogP contribution in [-0.2, 0) is 19.1 Å². The molecule has 5 aliphatic rings. The number of allylic oxidation sites excluding steroid dienone is 1. The molecular weight excluding hydrogens is 645 g/mol. The second-order valence-corrected chi connectivity index (χ2v) is 19.4. The molecule has 2 aromatic rings. The molecule has 5 saturated carbocycles. The Labute approximate surface area is 313 Å². The number of carbonyl (C=O) groups excluding carboxylic acids is 2. The van der Waals surface area contributed by atoms with Crippen LogP contribution in [0, 0.1) is 56.7 Å². The lowest BCUT2D eigenvalue weighted by Gasteiger charge is -2.73. The van der Waals surface area contributed by atoms with Crippen LogP contribution in [0.3, 0.4) is 0 Å². The molecule has 6 nitrogen and oxygen atoms in total. The molecule has 6 heteroatoms. The first kappa shape index (κ1) is 37.3. The van der Waals surface area contributed by atoms with E-state index in [1.807, 2.05) is 84.2 Å². The number of pyridine rings is 2. The van der Waals surface area contributed by atoms with Crippen molar-refractivity contribution in [3.8, 4) is 0 Å². The smallest absolute Gasteiger partial charge is 0.375 e. The first-order chi connectivity index (χ1) is 24.6. The molecule has 12 atom stereocenters. The van der Waals surface area contributed by atoms with Gasteiger partial charge in [0.25, 0.3) is 12.1 Å². The normalized spacial score (nSPS) is 40.2. The van der Waals surface area contributed by atoms with Crippen molar-refractivity contribution in [2.45, 2.75) is 138 Å². The second-order valence-electron chi connectivity index (χ2n) is 19.4. The van der Waals surface area contributed by atoms with E-state index in [0.29, 0.717) is 36.2 Å². The van der Waals surface area contributed by atoms with Crippen LogP contribution in [0.4, 0.5) is 0 Å². The molecule has 0 aliphatic heterocycles. The van der Waals surface area contributed by atoms with Crippen LogP contribution in [0.25, 0.3) is 0 Å². The fourth-order valence-electron chi connectivity index (χ4n) is 13.9. The van der Waals surface area contributed by atoms with Crippen LogP contribution >= 0.6 is 0 Å². The van der Waals surface area contributed by atoms with E-state index in [1.165, 1.54) is 37.7 Å². The third-order valence-electron chi connectivity index (χ3n) is 17.0. The van der Waals surface area contributed by atoms with Gasteiger partial charge in [0.1, 0.15) is 6.10 Å². The third-order valence-corrected chi connectivity index (χ3v) is 17.0. The first-order valence-corrected chi connectivity index (χ1v) is 20.5. The largest absolute Gasteiger partial charge is 0.460 e. The van der Waals surface area contributed by atoms with Crippen molar-refractivity contribution in [1.29, 1.82) is 0 Å². The molecule has 0 amide bonds. The van der Waals surface area contributed by atoms with Gasteiger partial charge in [0.15, 0.2) is 24.8 Å². The predicted molar refractivity (Wildman–Crippen MR) is 203 cm³/mol. The monoisotopic (exact) mass is 711 g/mol. The Balaban J connectivity index is 1.11. The van der Waals surface area contributed by atoms with Crippen molar-refractivity contribution in [3.63, 3.8) is 0 Å². The van der Waals surface area contributed by atoms with Crippen LogP contribution in [-0.4, -0.2) is 24.6 Å². The summed E-state index contributed by atoms with van der Waals surface area (Å²) in [6.07, 6.45) is 19.3. The quantitative estimate of drug-likeness (QED) is 0.156. The highest BCUT2D eigenvalue weighted by molar-refractivity contribution is 5.72. The number of hydrogen-bond acceptors (Lipinski definition) is 4. The number of fused-ring (bicyclic) bond motifs is 7. The Morgan fingerprint density at radius 1 is 0.712 bits per heavy atom. The van der Waals surface area contributed by atoms with Gasteiger partial charge in [-0.15, -0.1) is 0 Å². The van der Waals surface area contributed by atoms with E-state index in [9.17, 15) is 9.59 Å². The van der Waals surface area contributed by atoms with E-state index < -0.39 is 0 Å². The first-order valence-electron chi connectivity index (χ1n) is 20.5. The fourth-order valence-corrected chi connectivity index (χ4v) is 13.9. The molecule has 0 radical (unpaired) electrons. The van der Waals surface area contributed by atoms with Crippen LogP contribution in [0.15, 0.2) is 73.3 Å². The molecule has 7 rings (SSSR count). The van der Waals surface area contributed by atoms with Crippen LogP contribution in [0.2, 0.25) is 0 Å². The predicted octanol–water partition coefficient (Wildman–Crippen LogP) is 9.20. The Bertz CT molecular complexity index is 1660. The van der Waals surface area contributed by atoms with Crippen LogP contribution in [0.1, 0.15) is 132 Å².